The molecule has 0 spiro atoms. The van der Waals surface area contributed by atoms with Crippen molar-refractivity contribution in [2.24, 2.45) is 0 Å². The summed E-state index contributed by atoms with van der Waals surface area (Å²) in [6.45, 7) is 1.87. The highest BCUT2D eigenvalue weighted by molar-refractivity contribution is 7.17. The summed E-state index contributed by atoms with van der Waals surface area (Å²) in [6, 6.07) is 2.96. The van der Waals surface area contributed by atoms with Crippen LogP contribution in [0.2, 0.25) is 0 Å². The van der Waals surface area contributed by atoms with E-state index in [4.69, 9.17) is 9.15 Å². The van der Waals surface area contributed by atoms with Gasteiger partial charge in [-0.15, -0.1) is 10.2 Å². The fourth-order valence-corrected chi connectivity index (χ4v) is 4.39. The molecule has 1 amide bonds. The van der Waals surface area contributed by atoms with Gasteiger partial charge in [0.2, 0.25) is 16.0 Å². The number of aliphatic hydroxyl groups excluding tert-OH is 1. The van der Waals surface area contributed by atoms with E-state index in [-0.39, 0.29) is 22.7 Å². The first kappa shape index (κ1) is 22.0. The monoisotopic (exact) mass is 460 g/mol. The third-order valence-corrected chi connectivity index (χ3v) is 6.12. The van der Waals surface area contributed by atoms with Gasteiger partial charge in [-0.2, -0.15) is 5.10 Å². The molecule has 0 unspecified atom stereocenters. The van der Waals surface area contributed by atoms with Gasteiger partial charge < -0.3 is 19.6 Å². The van der Waals surface area contributed by atoms with Gasteiger partial charge in [-0.05, 0) is 25.8 Å². The van der Waals surface area contributed by atoms with Crippen molar-refractivity contribution >= 4 is 28.1 Å². The Bertz CT molecular complexity index is 1160. The molecule has 3 aromatic heterocycles. The summed E-state index contributed by atoms with van der Waals surface area (Å²) in [5.74, 6) is -0.923. The number of carbonyl (C=O) groups is 1. The number of rotatable bonds is 6. The Kier molecular flexibility index (Phi) is 6.51. The normalized spacial score (nSPS) is 18.7. The summed E-state index contributed by atoms with van der Waals surface area (Å²) in [5, 5.41) is 29.0. The van der Waals surface area contributed by atoms with Gasteiger partial charge in [-0.1, -0.05) is 30.6 Å². The maximum Gasteiger partial charge on any atom is 0.381 e. The minimum absolute atomic E-state index is 0.0506. The molecule has 3 N–H and O–H groups in total. The summed E-state index contributed by atoms with van der Waals surface area (Å²) >= 11 is 1.13. The first-order chi connectivity index (χ1) is 15.5. The quantitative estimate of drug-likeness (QED) is 0.472. The van der Waals surface area contributed by atoms with Gasteiger partial charge in [-0.3, -0.25) is 10.1 Å². The number of aromatic nitrogens is 4. The third kappa shape index (κ3) is 4.65. The Morgan fingerprint density at radius 1 is 1.31 bits per heavy atom. The maximum absolute atomic E-state index is 12.7. The second-order valence-electron chi connectivity index (χ2n) is 7.53. The van der Waals surface area contributed by atoms with Crippen molar-refractivity contribution in [2.75, 3.05) is 17.7 Å². The molecule has 0 saturated heterocycles. The predicted molar refractivity (Wildman–Crippen MR) is 118 cm³/mol. The smallest absolute Gasteiger partial charge is 0.381 e. The molecule has 2 atom stereocenters. The molecule has 3 heterocycles. The van der Waals surface area contributed by atoms with Gasteiger partial charge in [0.05, 0.1) is 24.9 Å². The molecule has 4 rings (SSSR count). The van der Waals surface area contributed by atoms with Crippen LogP contribution in [-0.2, 0) is 0 Å². The summed E-state index contributed by atoms with van der Waals surface area (Å²) < 4.78 is 11.9. The summed E-state index contributed by atoms with van der Waals surface area (Å²) in [5.41, 5.74) is 0.373. The molecular weight excluding hydrogens is 436 g/mol. The summed E-state index contributed by atoms with van der Waals surface area (Å²) in [7, 11) is 1.35. The van der Waals surface area contributed by atoms with Crippen LogP contribution in [0.15, 0.2) is 27.5 Å². The van der Waals surface area contributed by atoms with Gasteiger partial charge in [-0.25, -0.2) is 9.48 Å². The molecule has 32 heavy (non-hydrogen) atoms. The van der Waals surface area contributed by atoms with Gasteiger partial charge in [0.25, 0.3) is 5.91 Å². The van der Waals surface area contributed by atoms with Crippen LogP contribution in [0, 0.1) is 6.92 Å². The van der Waals surface area contributed by atoms with Gasteiger partial charge in [0.15, 0.2) is 5.76 Å². The molecule has 1 saturated carbocycles. The van der Waals surface area contributed by atoms with Crippen LogP contribution < -0.4 is 21.0 Å². The third-order valence-electron chi connectivity index (χ3n) is 5.30. The molecule has 1 aliphatic carbocycles. The van der Waals surface area contributed by atoms with Crippen LogP contribution >= 0.6 is 11.3 Å². The van der Waals surface area contributed by atoms with E-state index < -0.39 is 17.6 Å². The second kappa shape index (κ2) is 9.49. The summed E-state index contributed by atoms with van der Waals surface area (Å²) in [4.78, 5) is 25.2. The number of aliphatic hydroxyl groups is 1. The molecule has 170 valence electrons. The van der Waals surface area contributed by atoms with E-state index in [0.717, 1.165) is 42.7 Å². The highest BCUT2D eigenvalue weighted by Gasteiger charge is 2.25. The average Bonchev–Trinajstić information content (AvgIpc) is 3.35. The zero-order valence-corrected chi connectivity index (χ0v) is 18.5. The van der Waals surface area contributed by atoms with Crippen LogP contribution in [-0.4, -0.2) is 50.2 Å². The number of carbonyl (C=O) groups excluding carboxylic acids is 1. The molecule has 12 heteroatoms. The first-order valence-corrected chi connectivity index (χ1v) is 11.1. The van der Waals surface area contributed by atoms with Crippen molar-refractivity contribution < 1.29 is 19.1 Å². The molecule has 1 fully saturated rings. The lowest BCUT2D eigenvalue weighted by atomic mass is 10.1. The Morgan fingerprint density at radius 3 is 2.88 bits per heavy atom. The Labute approximate surface area is 187 Å². The Hall–Kier alpha value is -3.25. The van der Waals surface area contributed by atoms with Crippen molar-refractivity contribution in [2.45, 2.75) is 51.2 Å². The molecule has 0 aliphatic heterocycles. The van der Waals surface area contributed by atoms with Crippen molar-refractivity contribution in [3.8, 4) is 10.9 Å². The highest BCUT2D eigenvalue weighted by atomic mass is 32.1. The van der Waals surface area contributed by atoms with Gasteiger partial charge in [0.1, 0.15) is 0 Å². The predicted octanol–water partition coefficient (Wildman–Crippen LogP) is 2.35. The number of hydrogen-bond acceptors (Lipinski definition) is 10. The van der Waals surface area contributed by atoms with Gasteiger partial charge >= 0.3 is 5.63 Å². The lowest BCUT2D eigenvalue weighted by molar-refractivity contribution is 0.0991. The van der Waals surface area contributed by atoms with Crippen LogP contribution in [0.4, 0.5) is 10.8 Å². The first-order valence-electron chi connectivity index (χ1n) is 10.3. The lowest BCUT2D eigenvalue weighted by Gasteiger charge is -2.23. The molecule has 0 aromatic carbocycles. The standard InChI is InChI=1S/C20H24N6O5S/c1-11-8-9-21-26(11)20-25-24-19(32-20)23-17(28)15-10-13(16(30-2)18(29)31-15)22-12-6-4-3-5-7-14(12)27/h8-10,12,14,22,27H,3-7H2,1-2H3,(H,23,24,28)/t12-,14+/m0/s1. The van der Waals surface area contributed by atoms with E-state index >= 15 is 0 Å². The molecule has 3 aromatic rings. The van der Waals surface area contributed by atoms with Crippen molar-refractivity contribution in [3.05, 3.63) is 40.2 Å². The number of ether oxygens (including phenoxy) is 1. The largest absolute Gasteiger partial charge is 0.488 e. The molecule has 1 aliphatic rings. The minimum Gasteiger partial charge on any atom is -0.488 e. The van der Waals surface area contributed by atoms with E-state index in [1.54, 1.807) is 10.9 Å². The van der Waals surface area contributed by atoms with E-state index in [1.807, 2.05) is 13.0 Å². The van der Waals surface area contributed by atoms with Crippen LogP contribution in [0.1, 0.15) is 48.4 Å². The SMILES string of the molecule is COc1c(N[C@H]2CCCCC[C@H]2O)cc(C(=O)Nc2nnc(-n3nccc3C)s2)oc1=O. The molecule has 0 bridgehead atoms. The van der Waals surface area contributed by atoms with Crippen molar-refractivity contribution in [1.82, 2.24) is 20.0 Å². The van der Waals surface area contributed by atoms with E-state index in [2.05, 4.69) is 25.9 Å². The molecular formula is C20H24N6O5S. The van der Waals surface area contributed by atoms with Crippen LogP contribution in [0.3, 0.4) is 0 Å². The van der Waals surface area contributed by atoms with E-state index in [9.17, 15) is 14.7 Å². The number of aryl methyl sites for hydroxylation is 1. The highest BCUT2D eigenvalue weighted by Crippen LogP contribution is 2.27. The number of anilines is 2. The number of nitrogens with one attached hydrogen (secondary N) is 2. The zero-order valence-electron chi connectivity index (χ0n) is 17.7. The number of amides is 1. The lowest BCUT2D eigenvalue weighted by Crippen LogP contribution is -2.33. The fraction of sp³-hybridized carbons (Fsp3) is 0.450. The topological polar surface area (TPSA) is 144 Å². The van der Waals surface area contributed by atoms with Gasteiger partial charge in [0, 0.05) is 18.0 Å². The zero-order chi connectivity index (χ0) is 22.7. The molecule has 0 radical (unpaired) electrons. The van der Waals surface area contributed by atoms with E-state index in [1.165, 1.54) is 13.2 Å². The van der Waals surface area contributed by atoms with Crippen molar-refractivity contribution in [1.29, 1.82) is 0 Å². The number of nitrogens with zero attached hydrogens (tertiary/aromatic N) is 4. The van der Waals surface area contributed by atoms with Crippen molar-refractivity contribution in [3.63, 3.8) is 0 Å². The maximum atomic E-state index is 12.7. The minimum atomic E-state index is -0.795. The average molecular weight is 461 g/mol. The van der Waals surface area contributed by atoms with Crippen LogP contribution in [0.5, 0.6) is 5.75 Å². The summed E-state index contributed by atoms with van der Waals surface area (Å²) in [6.07, 6.45) is 5.44. The Morgan fingerprint density at radius 2 is 2.12 bits per heavy atom. The number of methoxy groups -OCH3 is 1. The van der Waals surface area contributed by atoms with Crippen LogP contribution in [0.25, 0.3) is 5.13 Å². The Balaban J connectivity index is 1.55. The number of hydrogen-bond donors (Lipinski definition) is 3. The molecule has 11 nitrogen and oxygen atoms in total. The fourth-order valence-electron chi connectivity index (χ4n) is 3.63. The van der Waals surface area contributed by atoms with E-state index in [0.29, 0.717) is 17.2 Å². The second-order valence-corrected chi connectivity index (χ2v) is 8.49.